The van der Waals surface area contributed by atoms with Crippen molar-refractivity contribution in [3.63, 3.8) is 0 Å². The quantitative estimate of drug-likeness (QED) is 0.560. The molecule has 3 nitrogen and oxygen atoms in total. The number of benzene rings is 1. The van der Waals surface area contributed by atoms with Crippen molar-refractivity contribution in [1.29, 1.82) is 0 Å². The third kappa shape index (κ3) is 5.04. The van der Waals surface area contributed by atoms with Gasteiger partial charge in [0.15, 0.2) is 0 Å². The van der Waals surface area contributed by atoms with Gasteiger partial charge in [-0.2, -0.15) is 11.8 Å². The van der Waals surface area contributed by atoms with Crippen molar-refractivity contribution in [2.24, 2.45) is 5.92 Å². The van der Waals surface area contributed by atoms with Crippen LogP contribution in [0.4, 0.5) is 0 Å². The van der Waals surface area contributed by atoms with Crippen LogP contribution in [0.5, 0.6) is 0 Å². The summed E-state index contributed by atoms with van der Waals surface area (Å²) < 4.78 is 5.32. The van der Waals surface area contributed by atoms with Crippen LogP contribution >= 0.6 is 11.8 Å². The molecular weight excluding hydrogens is 282 g/mol. The van der Waals surface area contributed by atoms with E-state index in [1.165, 1.54) is 0 Å². The number of carbonyl (C=O) groups excluding carboxylic acids is 1. The SMILES string of the molecule is CCOC(=O)C(CCSCC(C)C)(NC)c1ccccc1. The molecule has 0 amide bonds. The number of esters is 1. The van der Waals surface area contributed by atoms with E-state index in [9.17, 15) is 4.79 Å². The Morgan fingerprint density at radius 2 is 2.00 bits per heavy atom. The smallest absolute Gasteiger partial charge is 0.331 e. The summed E-state index contributed by atoms with van der Waals surface area (Å²) in [5.74, 6) is 2.51. The standard InChI is InChI=1S/C17H27NO2S/c1-5-20-16(19)17(18-4,11-12-21-13-14(2)3)15-9-7-6-8-10-15/h6-10,14,18H,5,11-13H2,1-4H3. The summed E-state index contributed by atoms with van der Waals surface area (Å²) in [5, 5.41) is 3.22. The van der Waals surface area contributed by atoms with Crippen LogP contribution in [0.1, 0.15) is 32.8 Å². The Balaban J connectivity index is 2.90. The number of hydrogen-bond donors (Lipinski definition) is 1. The highest BCUT2D eigenvalue weighted by atomic mass is 32.2. The van der Waals surface area contributed by atoms with Crippen molar-refractivity contribution >= 4 is 17.7 Å². The van der Waals surface area contributed by atoms with Gasteiger partial charge in [0, 0.05) is 0 Å². The third-order valence-electron chi connectivity index (χ3n) is 3.39. The molecule has 1 aromatic carbocycles. The van der Waals surface area contributed by atoms with Crippen molar-refractivity contribution in [2.75, 3.05) is 25.2 Å². The van der Waals surface area contributed by atoms with E-state index < -0.39 is 5.54 Å². The highest BCUT2D eigenvalue weighted by Gasteiger charge is 2.39. The molecular formula is C17H27NO2S. The van der Waals surface area contributed by atoms with Crippen molar-refractivity contribution in [3.8, 4) is 0 Å². The summed E-state index contributed by atoms with van der Waals surface area (Å²) in [6, 6.07) is 9.85. The van der Waals surface area contributed by atoms with Crippen LogP contribution in [-0.4, -0.2) is 31.1 Å². The lowest BCUT2D eigenvalue weighted by atomic mass is 9.87. The molecule has 0 aliphatic rings. The van der Waals surface area contributed by atoms with E-state index >= 15 is 0 Å². The summed E-state index contributed by atoms with van der Waals surface area (Å²) in [4.78, 5) is 12.5. The lowest BCUT2D eigenvalue weighted by Gasteiger charge is -2.31. The van der Waals surface area contributed by atoms with Gasteiger partial charge < -0.3 is 10.1 Å². The van der Waals surface area contributed by atoms with Gasteiger partial charge in [0.05, 0.1) is 6.61 Å². The molecule has 0 heterocycles. The fraction of sp³-hybridized carbons (Fsp3) is 0.588. The maximum absolute atomic E-state index is 12.5. The van der Waals surface area contributed by atoms with Gasteiger partial charge in [-0.25, -0.2) is 4.79 Å². The number of rotatable bonds is 9. The Morgan fingerprint density at radius 3 is 2.52 bits per heavy atom. The van der Waals surface area contributed by atoms with Gasteiger partial charge in [-0.15, -0.1) is 0 Å². The van der Waals surface area contributed by atoms with Crippen molar-refractivity contribution in [3.05, 3.63) is 35.9 Å². The first-order valence-corrected chi connectivity index (χ1v) is 8.71. The molecule has 21 heavy (non-hydrogen) atoms. The molecule has 0 spiro atoms. The zero-order valence-corrected chi connectivity index (χ0v) is 14.3. The van der Waals surface area contributed by atoms with Crippen LogP contribution < -0.4 is 5.32 Å². The van der Waals surface area contributed by atoms with Crippen LogP contribution in [0.3, 0.4) is 0 Å². The molecule has 0 aliphatic heterocycles. The molecule has 0 fully saturated rings. The molecule has 0 bridgehead atoms. The van der Waals surface area contributed by atoms with Crippen LogP contribution in [0.25, 0.3) is 0 Å². The molecule has 1 unspecified atom stereocenters. The summed E-state index contributed by atoms with van der Waals surface area (Å²) in [6.07, 6.45) is 0.726. The van der Waals surface area contributed by atoms with Gasteiger partial charge in [0.1, 0.15) is 5.54 Å². The average Bonchev–Trinajstić information content (AvgIpc) is 2.48. The maximum Gasteiger partial charge on any atom is 0.331 e. The second kappa shape index (κ2) is 9.11. The van der Waals surface area contributed by atoms with Gasteiger partial charge in [-0.3, -0.25) is 0 Å². The Bertz CT molecular complexity index is 422. The molecule has 0 radical (unpaired) electrons. The lowest BCUT2D eigenvalue weighted by molar-refractivity contribution is -0.151. The minimum Gasteiger partial charge on any atom is -0.464 e. The first-order chi connectivity index (χ1) is 10.1. The van der Waals surface area contributed by atoms with E-state index in [0.29, 0.717) is 12.5 Å². The monoisotopic (exact) mass is 309 g/mol. The first-order valence-electron chi connectivity index (χ1n) is 7.56. The largest absolute Gasteiger partial charge is 0.464 e. The van der Waals surface area contributed by atoms with Gasteiger partial charge in [-0.1, -0.05) is 44.2 Å². The molecule has 1 rings (SSSR count). The number of ether oxygens (including phenoxy) is 1. The molecule has 0 aromatic heterocycles. The van der Waals surface area contributed by atoms with Gasteiger partial charge in [0.2, 0.25) is 0 Å². The second-order valence-corrected chi connectivity index (χ2v) is 6.61. The molecule has 1 atom stereocenters. The summed E-state index contributed by atoms with van der Waals surface area (Å²) in [7, 11) is 1.83. The fourth-order valence-electron chi connectivity index (χ4n) is 2.26. The van der Waals surface area contributed by atoms with Crippen LogP contribution in [0.15, 0.2) is 30.3 Å². The fourth-order valence-corrected chi connectivity index (χ4v) is 3.35. The van der Waals surface area contributed by atoms with E-state index in [1.807, 2.05) is 56.1 Å². The predicted octanol–water partition coefficient (Wildman–Crippen LogP) is 3.44. The summed E-state index contributed by atoms with van der Waals surface area (Å²) in [6.45, 7) is 6.66. The van der Waals surface area contributed by atoms with E-state index in [-0.39, 0.29) is 5.97 Å². The zero-order valence-electron chi connectivity index (χ0n) is 13.5. The lowest BCUT2D eigenvalue weighted by Crippen LogP contribution is -2.49. The Kier molecular flexibility index (Phi) is 7.83. The molecule has 118 valence electrons. The minimum atomic E-state index is -0.749. The van der Waals surface area contributed by atoms with Gasteiger partial charge in [0.25, 0.3) is 0 Å². The van der Waals surface area contributed by atoms with Crippen molar-refractivity contribution < 1.29 is 9.53 Å². The Labute approximate surface area is 132 Å². The molecule has 0 saturated carbocycles. The van der Waals surface area contributed by atoms with Gasteiger partial charge in [-0.05, 0) is 43.4 Å². The maximum atomic E-state index is 12.5. The van der Waals surface area contributed by atoms with Crippen LogP contribution in [0, 0.1) is 5.92 Å². The molecule has 0 aliphatic carbocycles. The van der Waals surface area contributed by atoms with Crippen LogP contribution in [0.2, 0.25) is 0 Å². The van der Waals surface area contributed by atoms with Gasteiger partial charge >= 0.3 is 5.97 Å². The number of thioether (sulfide) groups is 1. The molecule has 4 heteroatoms. The predicted molar refractivity (Wildman–Crippen MR) is 90.6 cm³/mol. The summed E-state index contributed by atoms with van der Waals surface area (Å²) >= 11 is 1.89. The van der Waals surface area contributed by atoms with E-state index in [4.69, 9.17) is 4.74 Å². The molecule has 0 saturated heterocycles. The molecule has 1 N–H and O–H groups in total. The average molecular weight is 309 g/mol. The van der Waals surface area contributed by atoms with E-state index in [2.05, 4.69) is 19.2 Å². The normalized spacial score (nSPS) is 14.0. The Hall–Kier alpha value is -1.00. The second-order valence-electron chi connectivity index (χ2n) is 5.46. The minimum absolute atomic E-state index is 0.191. The highest BCUT2D eigenvalue weighted by Crippen LogP contribution is 2.28. The first kappa shape index (κ1) is 18.1. The number of hydrogen-bond acceptors (Lipinski definition) is 4. The van der Waals surface area contributed by atoms with Crippen molar-refractivity contribution in [2.45, 2.75) is 32.7 Å². The molecule has 1 aromatic rings. The topological polar surface area (TPSA) is 38.3 Å². The highest BCUT2D eigenvalue weighted by molar-refractivity contribution is 7.99. The third-order valence-corrected chi connectivity index (χ3v) is 4.79. The Morgan fingerprint density at radius 1 is 1.33 bits per heavy atom. The number of likely N-dealkylation sites (N-methyl/N-ethyl adjacent to an activating group) is 1. The zero-order chi connectivity index (χ0) is 15.7. The van der Waals surface area contributed by atoms with E-state index in [0.717, 1.165) is 23.5 Å². The summed E-state index contributed by atoms with van der Waals surface area (Å²) in [5.41, 5.74) is 0.220. The number of carbonyl (C=O) groups is 1. The number of nitrogens with one attached hydrogen (secondary N) is 1. The van der Waals surface area contributed by atoms with E-state index in [1.54, 1.807) is 0 Å². The van der Waals surface area contributed by atoms with Crippen LogP contribution in [-0.2, 0) is 15.1 Å². The van der Waals surface area contributed by atoms with Crippen molar-refractivity contribution in [1.82, 2.24) is 5.32 Å².